The summed E-state index contributed by atoms with van der Waals surface area (Å²) in [5.41, 5.74) is 4.49. The Balaban J connectivity index is 1.73. The second-order valence-corrected chi connectivity index (χ2v) is 7.67. The Morgan fingerprint density at radius 1 is 0.625 bits per heavy atom. The Labute approximate surface area is 192 Å². The highest BCUT2D eigenvalue weighted by Crippen LogP contribution is 2.11. The molecule has 0 saturated heterocycles. The van der Waals surface area contributed by atoms with E-state index in [1.54, 1.807) is 0 Å². The first-order chi connectivity index (χ1) is 15.6. The highest BCUT2D eigenvalue weighted by atomic mass is 16.5. The summed E-state index contributed by atoms with van der Waals surface area (Å²) in [6, 6.07) is 16.6. The van der Waals surface area contributed by atoms with Crippen molar-refractivity contribution in [3.8, 4) is 11.8 Å². The average molecular weight is 435 g/mol. The molecule has 4 heteroatoms. The fraction of sp³-hybridized carbons (Fsp3) is 0.429. The van der Waals surface area contributed by atoms with Crippen LogP contribution in [0.25, 0.3) is 0 Å². The molecule has 32 heavy (non-hydrogen) atoms. The summed E-state index contributed by atoms with van der Waals surface area (Å²) < 4.78 is 9.89. The third-order valence-electron chi connectivity index (χ3n) is 5.06. The summed E-state index contributed by atoms with van der Waals surface area (Å²) in [6.45, 7) is 4.56. The van der Waals surface area contributed by atoms with E-state index in [4.69, 9.17) is 9.47 Å². The van der Waals surface area contributed by atoms with E-state index < -0.39 is 0 Å². The number of rotatable bonds is 12. The van der Waals surface area contributed by atoms with Gasteiger partial charge in [-0.2, -0.15) is 0 Å². The van der Waals surface area contributed by atoms with Crippen LogP contribution in [-0.4, -0.2) is 25.2 Å². The van der Waals surface area contributed by atoms with Crippen LogP contribution in [0.2, 0.25) is 0 Å². The van der Waals surface area contributed by atoms with E-state index in [-0.39, 0.29) is 11.9 Å². The Bertz CT molecular complexity index is 812. The summed E-state index contributed by atoms with van der Waals surface area (Å²) in [5.74, 6) is 6.21. The third kappa shape index (κ3) is 10.3. The number of carbonyl (C=O) groups is 2. The number of esters is 2. The van der Waals surface area contributed by atoms with Gasteiger partial charge in [-0.05, 0) is 87.8 Å². The zero-order valence-electron chi connectivity index (χ0n) is 19.3. The SMILES string of the molecule is CCOC(=O)CCCCc1ccc(C#Cc2ccc(CCCCC(=O)OCC)cc2)cc1. The molecule has 0 bridgehead atoms. The monoisotopic (exact) mass is 434 g/mol. The second kappa shape index (κ2) is 14.9. The molecular weight excluding hydrogens is 400 g/mol. The standard InChI is InChI=1S/C28H34O4/c1-3-31-27(29)11-7-5-9-23-13-17-25(18-14-23)21-22-26-19-15-24(16-20-26)10-6-8-12-28(30)32-4-2/h13-20H,3-12H2,1-2H3. The smallest absolute Gasteiger partial charge is 0.305 e. The van der Waals surface area contributed by atoms with Gasteiger partial charge in [0.1, 0.15) is 0 Å². The predicted molar refractivity (Wildman–Crippen MR) is 127 cm³/mol. The molecular formula is C28H34O4. The van der Waals surface area contributed by atoms with E-state index in [2.05, 4.69) is 36.1 Å². The molecule has 0 aromatic heterocycles. The topological polar surface area (TPSA) is 52.6 Å². The normalized spacial score (nSPS) is 10.2. The maximum absolute atomic E-state index is 11.4. The van der Waals surface area contributed by atoms with Crippen molar-refractivity contribution in [2.45, 2.75) is 65.2 Å². The molecule has 0 aliphatic rings. The third-order valence-corrected chi connectivity index (χ3v) is 5.06. The second-order valence-electron chi connectivity index (χ2n) is 7.67. The number of benzene rings is 2. The van der Waals surface area contributed by atoms with Crippen molar-refractivity contribution >= 4 is 11.9 Å². The van der Waals surface area contributed by atoms with Crippen molar-refractivity contribution in [2.24, 2.45) is 0 Å². The number of hydrogen-bond donors (Lipinski definition) is 0. The Morgan fingerprint density at radius 3 is 1.34 bits per heavy atom. The molecule has 0 fully saturated rings. The summed E-state index contributed by atoms with van der Waals surface area (Å²) in [6.07, 6.45) is 6.53. The summed E-state index contributed by atoms with van der Waals surface area (Å²) in [7, 11) is 0. The van der Waals surface area contributed by atoms with Gasteiger partial charge in [-0.25, -0.2) is 0 Å². The molecule has 0 heterocycles. The number of aryl methyl sites for hydroxylation is 2. The first-order valence-corrected chi connectivity index (χ1v) is 11.6. The van der Waals surface area contributed by atoms with E-state index >= 15 is 0 Å². The maximum Gasteiger partial charge on any atom is 0.305 e. The lowest BCUT2D eigenvalue weighted by Crippen LogP contribution is -2.03. The number of carbonyl (C=O) groups excluding carboxylic acids is 2. The minimum Gasteiger partial charge on any atom is -0.466 e. The van der Waals surface area contributed by atoms with Crippen molar-refractivity contribution < 1.29 is 19.1 Å². The number of hydrogen-bond acceptors (Lipinski definition) is 4. The Morgan fingerprint density at radius 2 is 1.00 bits per heavy atom. The molecule has 0 radical (unpaired) electrons. The summed E-state index contributed by atoms with van der Waals surface area (Å²) in [4.78, 5) is 22.7. The molecule has 170 valence electrons. The lowest BCUT2D eigenvalue weighted by atomic mass is 10.0. The zero-order valence-corrected chi connectivity index (χ0v) is 19.3. The Hall–Kier alpha value is -3.06. The molecule has 0 atom stereocenters. The fourth-order valence-corrected chi connectivity index (χ4v) is 3.32. The quantitative estimate of drug-likeness (QED) is 0.246. The van der Waals surface area contributed by atoms with Gasteiger partial charge in [0.15, 0.2) is 0 Å². The summed E-state index contributed by atoms with van der Waals surface area (Å²) in [5, 5.41) is 0. The average Bonchev–Trinajstić information content (AvgIpc) is 2.80. The van der Waals surface area contributed by atoms with Crippen LogP contribution in [0.4, 0.5) is 0 Å². The zero-order chi connectivity index (χ0) is 23.0. The molecule has 2 aromatic carbocycles. The number of ether oxygens (including phenoxy) is 2. The molecule has 0 unspecified atom stereocenters. The molecule has 0 spiro atoms. The van der Waals surface area contributed by atoms with E-state index in [1.807, 2.05) is 38.1 Å². The predicted octanol–water partition coefficient (Wildman–Crippen LogP) is 5.64. The highest BCUT2D eigenvalue weighted by Gasteiger charge is 2.02. The van der Waals surface area contributed by atoms with E-state index in [0.29, 0.717) is 26.1 Å². The molecule has 0 aliphatic heterocycles. The highest BCUT2D eigenvalue weighted by molar-refractivity contribution is 5.69. The minimum absolute atomic E-state index is 0.111. The van der Waals surface area contributed by atoms with Crippen molar-refractivity contribution in [2.75, 3.05) is 13.2 Å². The molecule has 2 rings (SSSR count). The van der Waals surface area contributed by atoms with Crippen LogP contribution >= 0.6 is 0 Å². The molecule has 0 aliphatic carbocycles. The van der Waals surface area contributed by atoms with Gasteiger partial charge in [0.2, 0.25) is 0 Å². The van der Waals surface area contributed by atoms with Crippen molar-refractivity contribution in [3.63, 3.8) is 0 Å². The first-order valence-electron chi connectivity index (χ1n) is 11.6. The van der Waals surface area contributed by atoms with Gasteiger partial charge in [0.25, 0.3) is 0 Å². The molecule has 0 saturated carbocycles. The fourth-order valence-electron chi connectivity index (χ4n) is 3.32. The van der Waals surface area contributed by atoms with Gasteiger partial charge < -0.3 is 9.47 Å². The van der Waals surface area contributed by atoms with Gasteiger partial charge in [-0.1, -0.05) is 36.1 Å². The lowest BCUT2D eigenvalue weighted by molar-refractivity contribution is -0.144. The van der Waals surface area contributed by atoms with Gasteiger partial charge in [-0.3, -0.25) is 9.59 Å². The van der Waals surface area contributed by atoms with Crippen molar-refractivity contribution in [1.82, 2.24) is 0 Å². The van der Waals surface area contributed by atoms with Crippen LogP contribution in [0.5, 0.6) is 0 Å². The molecule has 0 N–H and O–H groups in total. The molecule has 2 aromatic rings. The van der Waals surface area contributed by atoms with Crippen LogP contribution in [-0.2, 0) is 31.9 Å². The summed E-state index contributed by atoms with van der Waals surface area (Å²) >= 11 is 0. The van der Waals surface area contributed by atoms with E-state index in [9.17, 15) is 9.59 Å². The van der Waals surface area contributed by atoms with Crippen LogP contribution < -0.4 is 0 Å². The number of unbranched alkanes of at least 4 members (excludes halogenated alkanes) is 2. The van der Waals surface area contributed by atoms with Crippen LogP contribution in [0.15, 0.2) is 48.5 Å². The van der Waals surface area contributed by atoms with Gasteiger partial charge in [0, 0.05) is 24.0 Å². The largest absolute Gasteiger partial charge is 0.466 e. The van der Waals surface area contributed by atoms with Crippen LogP contribution in [0.3, 0.4) is 0 Å². The first kappa shape index (κ1) is 25.2. The molecule has 4 nitrogen and oxygen atoms in total. The van der Waals surface area contributed by atoms with Crippen molar-refractivity contribution in [3.05, 3.63) is 70.8 Å². The maximum atomic E-state index is 11.4. The van der Waals surface area contributed by atoms with Crippen LogP contribution in [0.1, 0.15) is 74.6 Å². The van der Waals surface area contributed by atoms with E-state index in [0.717, 1.165) is 49.7 Å². The van der Waals surface area contributed by atoms with Crippen LogP contribution in [0, 0.1) is 11.8 Å². The minimum atomic E-state index is -0.111. The Kier molecular flexibility index (Phi) is 11.7. The van der Waals surface area contributed by atoms with Crippen molar-refractivity contribution in [1.29, 1.82) is 0 Å². The van der Waals surface area contributed by atoms with Gasteiger partial charge >= 0.3 is 11.9 Å². The van der Waals surface area contributed by atoms with Gasteiger partial charge in [-0.15, -0.1) is 0 Å². The van der Waals surface area contributed by atoms with Gasteiger partial charge in [0.05, 0.1) is 13.2 Å². The van der Waals surface area contributed by atoms with E-state index in [1.165, 1.54) is 11.1 Å². The molecule has 0 amide bonds. The lowest BCUT2D eigenvalue weighted by Gasteiger charge is -2.03.